The smallest absolute Gasteiger partial charge is 0.156 e. The number of aromatic nitrogens is 2. The molecule has 0 saturated heterocycles. The van der Waals surface area contributed by atoms with Crippen molar-refractivity contribution in [2.24, 2.45) is 0 Å². The molecule has 0 atom stereocenters. The van der Waals surface area contributed by atoms with Crippen molar-refractivity contribution >= 4 is 28.8 Å². The van der Waals surface area contributed by atoms with Crippen molar-refractivity contribution in [3.8, 4) is 29.0 Å². The van der Waals surface area contributed by atoms with E-state index in [1.165, 1.54) is 0 Å². The maximum Gasteiger partial charge on any atom is 0.156 e. The number of benzene rings is 4. The highest BCUT2D eigenvalue weighted by Crippen LogP contribution is 2.64. The minimum Gasteiger partial charge on any atom is -0.454 e. The van der Waals surface area contributed by atoms with E-state index >= 15 is 0 Å². The summed E-state index contributed by atoms with van der Waals surface area (Å²) in [5.74, 6) is 1.60. The van der Waals surface area contributed by atoms with Crippen LogP contribution in [0, 0.1) is 11.3 Å². The van der Waals surface area contributed by atoms with Crippen molar-refractivity contribution < 1.29 is 4.74 Å². The SMILES string of the molecule is N#Cc1ccc2c(c1)Sc1ccccc1N2c1cccc2c1Oc1ccccc1C21c2cccnc2-c2ncccc21. The van der Waals surface area contributed by atoms with Crippen LogP contribution in [0.3, 0.4) is 0 Å². The topological polar surface area (TPSA) is 62.0 Å². The van der Waals surface area contributed by atoms with E-state index in [0.29, 0.717) is 5.56 Å². The molecule has 1 spiro atoms. The fourth-order valence-electron chi connectivity index (χ4n) is 6.83. The highest BCUT2D eigenvalue weighted by Gasteiger charge is 2.53. The third kappa shape index (κ3) is 2.93. The zero-order valence-corrected chi connectivity index (χ0v) is 23.0. The van der Waals surface area contributed by atoms with Crippen molar-refractivity contribution in [3.05, 3.63) is 149 Å². The van der Waals surface area contributed by atoms with E-state index in [1.807, 2.05) is 54.9 Å². The molecule has 3 aliphatic rings. The van der Waals surface area contributed by atoms with Crippen LogP contribution in [0.1, 0.15) is 27.8 Å². The molecule has 0 saturated carbocycles. The molecule has 2 aliphatic heterocycles. The Balaban J connectivity index is 1.39. The normalized spacial score (nSPS) is 14.4. The minimum absolute atomic E-state index is 0.638. The molecule has 4 aromatic carbocycles. The van der Waals surface area contributed by atoms with Gasteiger partial charge in [-0.15, -0.1) is 0 Å². The molecule has 5 nitrogen and oxygen atoms in total. The van der Waals surface area contributed by atoms with E-state index in [1.54, 1.807) is 11.8 Å². The average molecular weight is 557 g/mol. The molecule has 0 bridgehead atoms. The van der Waals surface area contributed by atoms with Gasteiger partial charge in [0.2, 0.25) is 0 Å². The van der Waals surface area contributed by atoms with Crippen molar-refractivity contribution in [3.63, 3.8) is 0 Å². The zero-order valence-electron chi connectivity index (χ0n) is 22.2. The Kier molecular flexibility index (Phi) is 4.76. The lowest BCUT2D eigenvalue weighted by atomic mass is 9.66. The maximum atomic E-state index is 9.64. The van der Waals surface area contributed by atoms with Gasteiger partial charge >= 0.3 is 0 Å². The minimum atomic E-state index is -0.648. The molecule has 9 rings (SSSR count). The predicted molar refractivity (Wildman–Crippen MR) is 163 cm³/mol. The Morgan fingerprint density at radius 3 is 2.12 bits per heavy atom. The second-order valence-electron chi connectivity index (χ2n) is 10.5. The molecule has 0 amide bonds. The summed E-state index contributed by atoms with van der Waals surface area (Å²) in [4.78, 5) is 14.1. The molecule has 2 aromatic heterocycles. The van der Waals surface area contributed by atoms with Crippen molar-refractivity contribution in [1.29, 1.82) is 5.26 Å². The summed E-state index contributed by atoms with van der Waals surface area (Å²) in [6.45, 7) is 0. The quantitative estimate of drug-likeness (QED) is 0.201. The van der Waals surface area contributed by atoms with E-state index in [9.17, 15) is 5.26 Å². The summed E-state index contributed by atoms with van der Waals surface area (Å²) < 4.78 is 6.91. The van der Waals surface area contributed by atoms with Crippen LogP contribution in [-0.2, 0) is 5.41 Å². The van der Waals surface area contributed by atoms with Gasteiger partial charge in [-0.1, -0.05) is 66.4 Å². The summed E-state index contributed by atoms with van der Waals surface area (Å²) in [7, 11) is 0. The number of nitriles is 1. The first-order chi connectivity index (χ1) is 20.8. The fourth-order valence-corrected chi connectivity index (χ4v) is 7.93. The molecular weight excluding hydrogens is 536 g/mol. The van der Waals surface area contributed by atoms with Crippen LogP contribution in [-0.4, -0.2) is 9.97 Å². The van der Waals surface area contributed by atoms with Crippen LogP contribution in [0.5, 0.6) is 11.5 Å². The zero-order chi connectivity index (χ0) is 27.8. The lowest BCUT2D eigenvalue weighted by Gasteiger charge is -2.41. The molecule has 0 N–H and O–H groups in total. The Bertz CT molecular complexity index is 2100. The molecular formula is C36H20N4OS. The van der Waals surface area contributed by atoms with Crippen molar-refractivity contribution in [1.82, 2.24) is 9.97 Å². The van der Waals surface area contributed by atoms with Crippen LogP contribution >= 0.6 is 11.8 Å². The first-order valence-electron chi connectivity index (χ1n) is 13.7. The van der Waals surface area contributed by atoms with Gasteiger partial charge in [0.05, 0.1) is 45.5 Å². The predicted octanol–water partition coefficient (Wildman–Crippen LogP) is 8.75. The van der Waals surface area contributed by atoms with E-state index in [0.717, 1.165) is 72.0 Å². The third-order valence-electron chi connectivity index (χ3n) is 8.45. The van der Waals surface area contributed by atoms with E-state index in [2.05, 4.69) is 77.7 Å². The summed E-state index contributed by atoms with van der Waals surface area (Å²) in [5, 5.41) is 9.64. The maximum absolute atomic E-state index is 9.64. The van der Waals surface area contributed by atoms with Gasteiger partial charge in [0.15, 0.2) is 5.75 Å². The number of anilines is 3. The second kappa shape index (κ2) is 8.56. The van der Waals surface area contributed by atoms with Gasteiger partial charge < -0.3 is 9.64 Å². The van der Waals surface area contributed by atoms with Crippen LogP contribution < -0.4 is 9.64 Å². The fraction of sp³-hybridized carbons (Fsp3) is 0.0278. The van der Waals surface area contributed by atoms with Gasteiger partial charge in [-0.05, 0) is 65.7 Å². The lowest BCUT2D eigenvalue weighted by molar-refractivity contribution is 0.437. The summed E-state index contributed by atoms with van der Waals surface area (Å²) in [6.07, 6.45) is 3.68. The first kappa shape index (κ1) is 23.3. The molecule has 6 aromatic rings. The number of rotatable bonds is 1. The monoisotopic (exact) mass is 556 g/mol. The number of nitrogens with zero attached hydrogens (tertiary/aromatic N) is 4. The van der Waals surface area contributed by atoms with E-state index in [-0.39, 0.29) is 0 Å². The van der Waals surface area contributed by atoms with Gasteiger partial charge in [-0.2, -0.15) is 5.26 Å². The van der Waals surface area contributed by atoms with E-state index < -0.39 is 5.41 Å². The molecule has 0 unspecified atom stereocenters. The van der Waals surface area contributed by atoms with Crippen LogP contribution in [0.4, 0.5) is 17.1 Å². The number of ether oxygens (including phenoxy) is 1. The van der Waals surface area contributed by atoms with Crippen molar-refractivity contribution in [2.75, 3.05) is 4.90 Å². The molecule has 0 fully saturated rings. The lowest BCUT2D eigenvalue weighted by Crippen LogP contribution is -2.33. The Labute approximate surface area is 246 Å². The van der Waals surface area contributed by atoms with Crippen LogP contribution in [0.2, 0.25) is 0 Å². The van der Waals surface area contributed by atoms with Crippen LogP contribution in [0.15, 0.2) is 131 Å². The molecule has 196 valence electrons. The Morgan fingerprint density at radius 2 is 1.31 bits per heavy atom. The second-order valence-corrected chi connectivity index (χ2v) is 11.6. The Morgan fingerprint density at radius 1 is 0.643 bits per heavy atom. The summed E-state index contributed by atoms with van der Waals surface area (Å²) in [6, 6.07) is 39.7. The largest absolute Gasteiger partial charge is 0.454 e. The number of para-hydroxylation sites is 3. The molecule has 4 heterocycles. The summed E-state index contributed by atoms with van der Waals surface area (Å²) in [5.41, 5.74) is 9.12. The van der Waals surface area contributed by atoms with Gasteiger partial charge in [-0.3, -0.25) is 9.97 Å². The summed E-state index contributed by atoms with van der Waals surface area (Å²) >= 11 is 1.69. The number of pyridine rings is 2. The first-order valence-corrected chi connectivity index (χ1v) is 14.5. The highest BCUT2D eigenvalue weighted by molar-refractivity contribution is 7.99. The standard InChI is InChI=1S/C36H20N4OS/c37-21-22-16-17-28-32(20-22)42-31-15-4-2-12-27(31)40(28)29-13-5-9-26-35(29)41-30-14-3-1-8-23(30)36(26)24-10-6-18-38-33(24)34-25(36)11-7-19-39-34/h1-20H. The Hall–Kier alpha value is -5.38. The van der Waals surface area contributed by atoms with E-state index in [4.69, 9.17) is 14.7 Å². The number of hydrogen-bond acceptors (Lipinski definition) is 6. The third-order valence-corrected chi connectivity index (χ3v) is 9.56. The molecule has 42 heavy (non-hydrogen) atoms. The van der Waals surface area contributed by atoms with Crippen molar-refractivity contribution in [2.45, 2.75) is 15.2 Å². The van der Waals surface area contributed by atoms with Gasteiger partial charge in [0.25, 0.3) is 0 Å². The molecule has 6 heteroatoms. The van der Waals surface area contributed by atoms with Crippen LogP contribution in [0.25, 0.3) is 11.4 Å². The highest BCUT2D eigenvalue weighted by atomic mass is 32.2. The molecule has 1 aliphatic carbocycles. The van der Waals surface area contributed by atoms with Gasteiger partial charge in [0, 0.05) is 33.3 Å². The van der Waals surface area contributed by atoms with Gasteiger partial charge in [0.1, 0.15) is 5.75 Å². The number of fused-ring (bicyclic) bond motifs is 11. The number of hydrogen-bond donors (Lipinski definition) is 0. The molecule has 0 radical (unpaired) electrons. The van der Waals surface area contributed by atoms with Gasteiger partial charge in [-0.25, -0.2) is 0 Å². The average Bonchev–Trinajstić information content (AvgIpc) is 3.34.